The van der Waals surface area contributed by atoms with Crippen molar-refractivity contribution in [1.82, 2.24) is 0 Å². The molecule has 3 rings (SSSR count). The lowest BCUT2D eigenvalue weighted by Gasteiger charge is -2.27. The van der Waals surface area contributed by atoms with Gasteiger partial charge in [0.2, 0.25) is 0 Å². The maximum absolute atomic E-state index is 6.13. The van der Waals surface area contributed by atoms with Gasteiger partial charge in [-0.05, 0) is 48.2 Å². The first-order valence-corrected chi connectivity index (χ1v) is 8.33. The monoisotopic (exact) mass is 311 g/mol. The van der Waals surface area contributed by atoms with E-state index in [4.69, 9.17) is 9.47 Å². The largest absolute Gasteiger partial charge is 0.493 e. The van der Waals surface area contributed by atoms with Crippen LogP contribution < -0.4 is 14.8 Å². The quantitative estimate of drug-likeness (QED) is 0.885. The van der Waals surface area contributed by atoms with Crippen molar-refractivity contribution in [3.05, 3.63) is 53.6 Å². The molecule has 122 valence electrons. The predicted octanol–water partition coefficient (Wildman–Crippen LogP) is 4.45. The van der Waals surface area contributed by atoms with E-state index in [0.717, 1.165) is 36.8 Å². The highest BCUT2D eigenvalue weighted by Gasteiger charge is 2.19. The normalized spacial score (nSPS) is 16.4. The minimum absolute atomic E-state index is 0.159. The number of nitrogens with one attached hydrogen (secondary N) is 1. The van der Waals surface area contributed by atoms with Crippen molar-refractivity contribution in [1.29, 1.82) is 0 Å². The summed E-state index contributed by atoms with van der Waals surface area (Å²) in [6.07, 6.45) is 1.05. The molecule has 0 saturated carbocycles. The molecule has 1 aliphatic rings. The highest BCUT2D eigenvalue weighted by atomic mass is 16.5. The molecule has 0 aliphatic carbocycles. The molecule has 0 bridgehead atoms. The second-order valence-electron chi connectivity index (χ2n) is 6.67. The molecule has 1 aliphatic heterocycles. The van der Waals surface area contributed by atoms with Gasteiger partial charge < -0.3 is 14.8 Å². The summed E-state index contributed by atoms with van der Waals surface area (Å²) in [6.45, 7) is 7.98. The second kappa shape index (κ2) is 6.95. The van der Waals surface area contributed by atoms with Gasteiger partial charge in [0.25, 0.3) is 0 Å². The fraction of sp³-hybridized carbons (Fsp3) is 0.400. The Morgan fingerprint density at radius 3 is 2.70 bits per heavy atom. The lowest BCUT2D eigenvalue weighted by molar-refractivity contribution is 0.206. The van der Waals surface area contributed by atoms with Crippen molar-refractivity contribution in [2.24, 2.45) is 5.92 Å². The lowest BCUT2D eigenvalue weighted by atomic mass is 10.1. The van der Waals surface area contributed by atoms with Gasteiger partial charge in [-0.25, -0.2) is 0 Å². The number of fused-ring (bicyclic) bond motifs is 1. The van der Waals surface area contributed by atoms with Crippen molar-refractivity contribution in [3.8, 4) is 11.5 Å². The molecule has 0 saturated heterocycles. The Morgan fingerprint density at radius 2 is 1.96 bits per heavy atom. The number of anilines is 1. The van der Waals surface area contributed by atoms with Gasteiger partial charge in [0.1, 0.15) is 17.6 Å². The molecule has 3 nitrogen and oxygen atoms in total. The fourth-order valence-corrected chi connectivity index (χ4v) is 2.68. The van der Waals surface area contributed by atoms with Crippen molar-refractivity contribution in [2.75, 3.05) is 18.5 Å². The third kappa shape index (κ3) is 4.19. The van der Waals surface area contributed by atoms with Gasteiger partial charge in [-0.3, -0.25) is 0 Å². The summed E-state index contributed by atoms with van der Waals surface area (Å²) in [6, 6.07) is 14.6. The van der Waals surface area contributed by atoms with Crippen molar-refractivity contribution < 1.29 is 9.47 Å². The van der Waals surface area contributed by atoms with Crippen LogP contribution in [0.4, 0.5) is 5.69 Å². The van der Waals surface area contributed by atoms with Crippen LogP contribution >= 0.6 is 0 Å². The van der Waals surface area contributed by atoms with E-state index in [1.54, 1.807) is 0 Å². The summed E-state index contributed by atoms with van der Waals surface area (Å²) in [4.78, 5) is 0. The number of aryl methyl sites for hydroxylation is 1. The van der Waals surface area contributed by atoms with Gasteiger partial charge in [0, 0.05) is 6.42 Å². The SMILES string of the molecule is Cc1ccc2c(c1)OC(Cc1ccc(OCC(C)C)cc1)CN2. The Hall–Kier alpha value is -2.16. The topological polar surface area (TPSA) is 30.5 Å². The molecule has 23 heavy (non-hydrogen) atoms. The number of hydrogen-bond acceptors (Lipinski definition) is 3. The molecule has 1 heterocycles. The van der Waals surface area contributed by atoms with Crippen LogP contribution in [0.15, 0.2) is 42.5 Å². The van der Waals surface area contributed by atoms with Crippen LogP contribution in [-0.2, 0) is 6.42 Å². The van der Waals surface area contributed by atoms with Crippen molar-refractivity contribution in [3.63, 3.8) is 0 Å². The minimum Gasteiger partial charge on any atom is -0.493 e. The van der Waals surface area contributed by atoms with Crippen LogP contribution in [0.2, 0.25) is 0 Å². The zero-order valence-corrected chi connectivity index (χ0v) is 14.1. The molecular formula is C20H25NO2. The number of rotatable bonds is 5. The zero-order chi connectivity index (χ0) is 16.2. The maximum Gasteiger partial charge on any atom is 0.143 e. The number of benzene rings is 2. The minimum atomic E-state index is 0.159. The van der Waals surface area contributed by atoms with E-state index in [9.17, 15) is 0 Å². The van der Waals surface area contributed by atoms with E-state index < -0.39 is 0 Å². The Kier molecular flexibility index (Phi) is 4.75. The average molecular weight is 311 g/mol. The predicted molar refractivity (Wildman–Crippen MR) is 94.6 cm³/mol. The van der Waals surface area contributed by atoms with E-state index >= 15 is 0 Å². The van der Waals surface area contributed by atoms with Crippen LogP contribution in [0.1, 0.15) is 25.0 Å². The molecule has 1 atom stereocenters. The molecule has 0 spiro atoms. The van der Waals surface area contributed by atoms with Gasteiger partial charge >= 0.3 is 0 Å². The first-order valence-electron chi connectivity index (χ1n) is 8.33. The summed E-state index contributed by atoms with van der Waals surface area (Å²) in [5.41, 5.74) is 3.58. The molecule has 0 radical (unpaired) electrons. The summed E-state index contributed by atoms with van der Waals surface area (Å²) in [5.74, 6) is 2.43. The first kappa shape index (κ1) is 15.7. The summed E-state index contributed by atoms with van der Waals surface area (Å²) in [7, 11) is 0. The van der Waals surface area contributed by atoms with E-state index in [1.807, 2.05) is 12.1 Å². The number of hydrogen-bond donors (Lipinski definition) is 1. The van der Waals surface area contributed by atoms with Gasteiger partial charge in [-0.15, -0.1) is 0 Å². The van der Waals surface area contributed by atoms with Crippen LogP contribution in [0.5, 0.6) is 11.5 Å². The Bertz CT molecular complexity index is 649. The van der Waals surface area contributed by atoms with Gasteiger partial charge in [-0.1, -0.05) is 32.0 Å². The highest BCUT2D eigenvalue weighted by Crippen LogP contribution is 2.30. The van der Waals surface area contributed by atoms with Crippen LogP contribution in [-0.4, -0.2) is 19.3 Å². The molecule has 0 aromatic heterocycles. The summed E-state index contributed by atoms with van der Waals surface area (Å²) < 4.78 is 11.9. The molecular weight excluding hydrogens is 286 g/mol. The van der Waals surface area contributed by atoms with E-state index in [-0.39, 0.29) is 6.10 Å². The molecule has 3 heteroatoms. The van der Waals surface area contributed by atoms with Crippen molar-refractivity contribution >= 4 is 5.69 Å². The fourth-order valence-electron chi connectivity index (χ4n) is 2.68. The molecule has 0 fully saturated rings. The third-order valence-electron chi connectivity index (χ3n) is 3.92. The van der Waals surface area contributed by atoms with Gasteiger partial charge in [0.15, 0.2) is 0 Å². The molecule has 2 aromatic rings. The Morgan fingerprint density at radius 1 is 1.17 bits per heavy atom. The zero-order valence-electron chi connectivity index (χ0n) is 14.1. The molecule has 1 unspecified atom stereocenters. The van der Waals surface area contributed by atoms with E-state index in [1.165, 1.54) is 11.1 Å². The van der Waals surface area contributed by atoms with E-state index in [2.05, 4.69) is 56.4 Å². The smallest absolute Gasteiger partial charge is 0.143 e. The second-order valence-corrected chi connectivity index (χ2v) is 6.67. The summed E-state index contributed by atoms with van der Waals surface area (Å²) in [5, 5.41) is 3.45. The Balaban J connectivity index is 1.59. The molecule has 0 amide bonds. The van der Waals surface area contributed by atoms with Crippen molar-refractivity contribution in [2.45, 2.75) is 33.3 Å². The Labute approximate surface area is 138 Å². The van der Waals surface area contributed by atoms with E-state index in [0.29, 0.717) is 5.92 Å². The molecule has 1 N–H and O–H groups in total. The van der Waals surface area contributed by atoms with Crippen LogP contribution in [0.3, 0.4) is 0 Å². The average Bonchev–Trinajstić information content (AvgIpc) is 2.54. The van der Waals surface area contributed by atoms with Crippen LogP contribution in [0.25, 0.3) is 0 Å². The highest BCUT2D eigenvalue weighted by molar-refractivity contribution is 5.59. The molecule has 2 aromatic carbocycles. The maximum atomic E-state index is 6.13. The summed E-state index contributed by atoms with van der Waals surface area (Å²) >= 11 is 0. The standard InChI is InChI=1S/C20H25NO2/c1-14(2)13-22-17-7-5-16(6-8-17)11-18-12-21-19-9-4-15(3)10-20(19)23-18/h4-10,14,18,21H,11-13H2,1-3H3. The third-order valence-corrected chi connectivity index (χ3v) is 3.92. The van der Waals surface area contributed by atoms with Gasteiger partial charge in [0.05, 0.1) is 18.8 Å². The lowest BCUT2D eigenvalue weighted by Crippen LogP contribution is -2.32. The first-order chi connectivity index (χ1) is 11.1. The van der Waals surface area contributed by atoms with Gasteiger partial charge in [-0.2, -0.15) is 0 Å². The number of ether oxygens (including phenoxy) is 2. The van der Waals surface area contributed by atoms with Crippen LogP contribution in [0, 0.1) is 12.8 Å².